The molecule has 5 rings (SSSR count). The third-order valence-corrected chi connectivity index (χ3v) is 8.67. The fourth-order valence-electron chi connectivity index (χ4n) is 6.24. The van der Waals surface area contributed by atoms with Crippen LogP contribution < -0.4 is 10.6 Å². The van der Waals surface area contributed by atoms with Crippen molar-refractivity contribution in [1.82, 2.24) is 20.4 Å². The Kier molecular flexibility index (Phi) is 7.64. The van der Waals surface area contributed by atoms with Crippen molar-refractivity contribution >= 4 is 33.7 Å². The van der Waals surface area contributed by atoms with Gasteiger partial charge in [-0.05, 0) is 12.0 Å². The number of hydrogen-bond acceptors (Lipinski definition) is 7. The Hall–Kier alpha value is -2.05. The second kappa shape index (κ2) is 10.7. The molecule has 0 saturated carbocycles. The number of nitrogens with one attached hydrogen (secondary N) is 2. The van der Waals surface area contributed by atoms with E-state index in [9.17, 15) is 19.5 Å². The molecule has 6 atom stereocenters. The minimum absolute atomic E-state index is 0.0119. The molecule has 1 spiro atoms. The molecule has 196 valence electrons. The second-order valence-corrected chi connectivity index (χ2v) is 11.0. The number of nitrogens with zero attached hydrogens (tertiary/aromatic N) is 2. The zero-order valence-corrected chi connectivity index (χ0v) is 21.7. The zero-order valence-electron chi connectivity index (χ0n) is 20.1. The maximum absolute atomic E-state index is 13.6. The normalized spacial score (nSPS) is 33.6. The van der Waals surface area contributed by atoms with Gasteiger partial charge in [-0.1, -0.05) is 46.3 Å². The number of rotatable bonds is 9. The zero-order chi connectivity index (χ0) is 25.3. The van der Waals surface area contributed by atoms with Gasteiger partial charge in [0.05, 0.1) is 37.8 Å². The van der Waals surface area contributed by atoms with Crippen LogP contribution >= 0.6 is 15.9 Å². The summed E-state index contributed by atoms with van der Waals surface area (Å²) in [5, 5.41) is 15.6. The van der Waals surface area contributed by atoms with E-state index in [1.807, 2.05) is 30.3 Å². The Morgan fingerprint density at radius 3 is 2.58 bits per heavy atom. The van der Waals surface area contributed by atoms with E-state index in [0.29, 0.717) is 39.3 Å². The molecular weight excluding hydrogens is 532 g/mol. The summed E-state index contributed by atoms with van der Waals surface area (Å²) in [7, 11) is 0. The van der Waals surface area contributed by atoms with Crippen molar-refractivity contribution in [3.8, 4) is 0 Å². The number of carbonyl (C=O) groups is 3. The van der Waals surface area contributed by atoms with Gasteiger partial charge >= 0.3 is 0 Å². The number of aliphatic hydroxyl groups excluding tert-OH is 1. The quantitative estimate of drug-likeness (QED) is 0.345. The van der Waals surface area contributed by atoms with E-state index in [-0.39, 0.29) is 35.7 Å². The van der Waals surface area contributed by atoms with Gasteiger partial charge in [0.15, 0.2) is 0 Å². The summed E-state index contributed by atoms with van der Waals surface area (Å²) in [6.07, 6.45) is -0.0605. The second-order valence-electron chi connectivity index (χ2n) is 9.87. The number of fused-ring (bicyclic) bond motifs is 1. The molecule has 2 bridgehead atoms. The molecule has 3 amide bonds. The van der Waals surface area contributed by atoms with Crippen molar-refractivity contribution in [2.45, 2.75) is 35.5 Å². The Morgan fingerprint density at radius 1 is 1.11 bits per heavy atom. The fourth-order valence-corrected chi connectivity index (χ4v) is 7.18. The van der Waals surface area contributed by atoms with Crippen LogP contribution in [0, 0.1) is 11.8 Å². The number of morpholine rings is 1. The summed E-state index contributed by atoms with van der Waals surface area (Å²) < 4.78 is 11.8. The first-order valence-electron chi connectivity index (χ1n) is 12.6. The molecule has 0 aromatic heterocycles. The predicted molar refractivity (Wildman–Crippen MR) is 133 cm³/mol. The molecule has 0 radical (unpaired) electrons. The van der Waals surface area contributed by atoms with Crippen LogP contribution in [0.4, 0.5) is 0 Å². The highest BCUT2D eigenvalue weighted by Crippen LogP contribution is 2.59. The molecule has 36 heavy (non-hydrogen) atoms. The number of alkyl halides is 1. The van der Waals surface area contributed by atoms with Gasteiger partial charge in [0, 0.05) is 44.1 Å². The average Bonchev–Trinajstić information content (AvgIpc) is 3.47. The first kappa shape index (κ1) is 25.6. The molecular formula is C25H33BrN4O6. The SMILES string of the molecule is O=C(NCCN1CCOCC1)C1N(CCO)C(=O)[C@@H]2[C@@H](C(=O)NCc3ccccc3)[C@@H]3OC12CC3Br. The van der Waals surface area contributed by atoms with Gasteiger partial charge in [-0.25, -0.2) is 0 Å². The van der Waals surface area contributed by atoms with Crippen LogP contribution in [0.2, 0.25) is 0 Å². The molecule has 11 heteroatoms. The van der Waals surface area contributed by atoms with Gasteiger partial charge < -0.3 is 30.1 Å². The molecule has 10 nitrogen and oxygen atoms in total. The molecule has 4 aliphatic heterocycles. The van der Waals surface area contributed by atoms with E-state index in [1.54, 1.807) is 0 Å². The summed E-state index contributed by atoms with van der Waals surface area (Å²) in [4.78, 5) is 44.0. The van der Waals surface area contributed by atoms with Gasteiger partial charge in [-0.2, -0.15) is 0 Å². The van der Waals surface area contributed by atoms with Gasteiger partial charge in [0.25, 0.3) is 0 Å². The highest BCUT2D eigenvalue weighted by molar-refractivity contribution is 9.09. The Morgan fingerprint density at radius 2 is 1.86 bits per heavy atom. The van der Waals surface area contributed by atoms with E-state index in [4.69, 9.17) is 9.47 Å². The Bertz CT molecular complexity index is 977. The van der Waals surface area contributed by atoms with E-state index < -0.39 is 29.6 Å². The number of carbonyl (C=O) groups excluding carboxylic acids is 3. The van der Waals surface area contributed by atoms with Gasteiger partial charge in [-0.3, -0.25) is 19.3 Å². The van der Waals surface area contributed by atoms with Crippen molar-refractivity contribution in [1.29, 1.82) is 0 Å². The maximum atomic E-state index is 13.6. The molecule has 1 aromatic rings. The standard InChI is InChI=1S/C25H33BrN4O6/c26-17-14-25-19(18(20(17)36-25)22(32)28-15-16-4-2-1-3-5-16)24(34)30(8-11-31)21(25)23(33)27-6-7-29-9-12-35-13-10-29/h1-5,17-21,31H,6-15H2,(H,27,33)(H,28,32)/t17?,18-,19+,20-,21?,25?/m1/s1. The molecule has 4 aliphatic rings. The van der Waals surface area contributed by atoms with Crippen LogP contribution in [0.1, 0.15) is 12.0 Å². The van der Waals surface area contributed by atoms with Crippen LogP contribution in [-0.4, -0.2) is 108 Å². The van der Waals surface area contributed by atoms with Gasteiger partial charge in [-0.15, -0.1) is 0 Å². The maximum Gasteiger partial charge on any atom is 0.245 e. The number of amides is 3. The van der Waals surface area contributed by atoms with Crippen molar-refractivity contribution < 1.29 is 29.0 Å². The number of aliphatic hydroxyl groups is 1. The lowest BCUT2D eigenvalue weighted by Gasteiger charge is -2.34. The van der Waals surface area contributed by atoms with E-state index >= 15 is 0 Å². The van der Waals surface area contributed by atoms with Crippen LogP contribution in [0.3, 0.4) is 0 Å². The van der Waals surface area contributed by atoms with Crippen LogP contribution in [0.25, 0.3) is 0 Å². The van der Waals surface area contributed by atoms with Crippen molar-refractivity contribution in [3.63, 3.8) is 0 Å². The number of halogens is 1. The van der Waals surface area contributed by atoms with E-state index in [0.717, 1.165) is 18.7 Å². The average molecular weight is 565 g/mol. The molecule has 4 fully saturated rings. The first-order chi connectivity index (χ1) is 17.5. The van der Waals surface area contributed by atoms with Gasteiger partial charge in [0.1, 0.15) is 11.6 Å². The number of likely N-dealkylation sites (tertiary alicyclic amines) is 1. The molecule has 4 saturated heterocycles. The smallest absolute Gasteiger partial charge is 0.245 e. The number of hydrogen-bond donors (Lipinski definition) is 3. The molecule has 3 unspecified atom stereocenters. The first-order valence-corrected chi connectivity index (χ1v) is 13.5. The third-order valence-electron chi connectivity index (χ3n) is 7.82. The highest BCUT2D eigenvalue weighted by Gasteiger charge is 2.76. The monoisotopic (exact) mass is 564 g/mol. The lowest BCUT2D eigenvalue weighted by molar-refractivity contribution is -0.142. The summed E-state index contributed by atoms with van der Waals surface area (Å²) in [5.74, 6) is -2.36. The van der Waals surface area contributed by atoms with Crippen LogP contribution in [-0.2, 0) is 30.4 Å². The summed E-state index contributed by atoms with van der Waals surface area (Å²) in [6, 6.07) is 8.67. The van der Waals surface area contributed by atoms with Crippen molar-refractivity contribution in [3.05, 3.63) is 35.9 Å². The molecule has 0 aliphatic carbocycles. The predicted octanol–water partition coefficient (Wildman–Crippen LogP) is -0.508. The Labute approximate surface area is 218 Å². The van der Waals surface area contributed by atoms with E-state index in [2.05, 4.69) is 31.5 Å². The largest absolute Gasteiger partial charge is 0.395 e. The summed E-state index contributed by atoms with van der Waals surface area (Å²) in [6.45, 7) is 4.17. The lowest BCUT2D eigenvalue weighted by atomic mass is 9.70. The number of benzene rings is 1. The van der Waals surface area contributed by atoms with E-state index in [1.165, 1.54) is 4.90 Å². The lowest BCUT2D eigenvalue weighted by Crippen LogP contribution is -2.57. The number of ether oxygens (including phenoxy) is 2. The topological polar surface area (TPSA) is 120 Å². The molecule has 4 heterocycles. The summed E-state index contributed by atoms with van der Waals surface area (Å²) in [5.41, 5.74) is -0.152. The number of β-amino-alcohol motifs (C(OH)–C–C–N with tert-alkyl or cyclic N) is 1. The molecule has 3 N–H and O–H groups in total. The highest BCUT2D eigenvalue weighted by atomic mass is 79.9. The Balaban J connectivity index is 1.32. The fraction of sp³-hybridized carbons (Fsp3) is 0.640. The van der Waals surface area contributed by atoms with Crippen LogP contribution in [0.5, 0.6) is 0 Å². The van der Waals surface area contributed by atoms with Gasteiger partial charge in [0.2, 0.25) is 17.7 Å². The third kappa shape index (κ3) is 4.56. The molecule has 1 aromatic carbocycles. The minimum Gasteiger partial charge on any atom is -0.395 e. The minimum atomic E-state index is -1.11. The summed E-state index contributed by atoms with van der Waals surface area (Å²) >= 11 is 3.66. The van der Waals surface area contributed by atoms with Crippen molar-refractivity contribution in [2.24, 2.45) is 11.8 Å². The van der Waals surface area contributed by atoms with Crippen molar-refractivity contribution in [2.75, 3.05) is 52.5 Å². The van der Waals surface area contributed by atoms with Crippen LogP contribution in [0.15, 0.2) is 30.3 Å².